The predicted octanol–water partition coefficient (Wildman–Crippen LogP) is 20.2. The van der Waals surface area contributed by atoms with E-state index in [0.29, 0.717) is 0 Å². The van der Waals surface area contributed by atoms with Crippen molar-refractivity contribution in [2.45, 2.75) is 169 Å². The summed E-state index contributed by atoms with van der Waals surface area (Å²) in [6, 6.07) is 58.4. The second-order valence-corrected chi connectivity index (χ2v) is 28.0. The minimum atomic E-state index is -0.111. The zero-order valence-corrected chi connectivity index (χ0v) is 50.1. The SMILES string of the molecule is CCCCc1ccc(N(c2ccc(CCCC)cc2)c2ccc3c(c2)N(c2cc4c(cc2C)C(C)(C)CCC4(C)C)c2cc(C)cc4c2B3N(c2ccc3c(c2)C(C)(C)CCC3(C)C)c2cc3sc5ccccc5c3cc2-4)cc1. The van der Waals surface area contributed by atoms with Crippen LogP contribution in [0.2, 0.25) is 0 Å². The highest BCUT2D eigenvalue weighted by molar-refractivity contribution is 7.25. The molecule has 0 atom stereocenters. The van der Waals surface area contributed by atoms with E-state index in [1.165, 1.54) is 171 Å². The number of nitrogens with zero attached hydrogens (tertiary/aromatic N) is 3. The summed E-state index contributed by atoms with van der Waals surface area (Å²) in [5.74, 6) is 0. The molecule has 400 valence electrons. The van der Waals surface area contributed by atoms with Gasteiger partial charge in [-0.05, 0) is 227 Å². The molecule has 0 spiro atoms. The van der Waals surface area contributed by atoms with Gasteiger partial charge in [0.1, 0.15) is 0 Å². The first-order chi connectivity index (χ1) is 37.9. The van der Waals surface area contributed by atoms with Crippen molar-refractivity contribution in [3.63, 3.8) is 0 Å². The Balaban J connectivity index is 1.11. The van der Waals surface area contributed by atoms with Crippen LogP contribution in [0.4, 0.5) is 45.5 Å². The van der Waals surface area contributed by atoms with Crippen molar-refractivity contribution in [3.05, 3.63) is 190 Å². The summed E-state index contributed by atoms with van der Waals surface area (Å²) < 4.78 is 2.67. The Kier molecular flexibility index (Phi) is 12.5. The Labute approximate surface area is 476 Å². The lowest BCUT2D eigenvalue weighted by atomic mass is 9.43. The standard InChI is InChI=1S/C74H80BN3S/c1-13-15-19-49-23-27-51(28-24-49)76(52-29-25-50(26-30-52)20-16-14-2)53-32-34-63-66(43-53)77(64-45-62-60(41-48(64)4)72(7,8)37-38-74(62,11)12)67-40-47(3)39-58-56-44-57-55-21-17-18-22-68(55)79-69(57)46-65(56)78(75(63)70(58)67)54-31-33-59-61(42-54)73(9,10)36-35-71(59,5)6/h17-18,21-34,39-46H,13-16,19-20,35-38H2,1-12H3. The van der Waals surface area contributed by atoms with Crippen LogP contribution < -0.4 is 25.5 Å². The number of fused-ring (bicyclic) bond motifs is 9. The summed E-state index contributed by atoms with van der Waals surface area (Å²) in [7, 11) is 0. The van der Waals surface area contributed by atoms with Crippen LogP contribution in [0.15, 0.2) is 146 Å². The molecule has 0 amide bonds. The molecule has 79 heavy (non-hydrogen) atoms. The second-order valence-electron chi connectivity index (χ2n) is 26.9. The molecule has 2 aliphatic carbocycles. The van der Waals surface area contributed by atoms with E-state index in [-0.39, 0.29) is 28.5 Å². The molecule has 3 nitrogen and oxygen atoms in total. The molecule has 8 aromatic carbocycles. The van der Waals surface area contributed by atoms with Gasteiger partial charge in [0.25, 0.3) is 0 Å². The summed E-state index contributed by atoms with van der Waals surface area (Å²) in [6.45, 7) is 29.0. The summed E-state index contributed by atoms with van der Waals surface area (Å²) in [6.07, 6.45) is 11.7. The van der Waals surface area contributed by atoms with Gasteiger partial charge in [0.2, 0.25) is 0 Å². The van der Waals surface area contributed by atoms with Crippen molar-refractivity contribution < 1.29 is 0 Å². The summed E-state index contributed by atoms with van der Waals surface area (Å²) in [5, 5.41) is 2.68. The lowest BCUT2D eigenvalue weighted by molar-refractivity contribution is 0.332. The maximum absolute atomic E-state index is 2.78. The highest BCUT2D eigenvalue weighted by Crippen LogP contribution is 2.55. The van der Waals surface area contributed by atoms with Crippen molar-refractivity contribution >= 4 is 94.8 Å². The Morgan fingerprint density at radius 2 is 1.06 bits per heavy atom. The topological polar surface area (TPSA) is 9.72 Å². The molecule has 5 heteroatoms. The largest absolute Gasteiger partial charge is 0.376 e. The molecule has 4 aliphatic rings. The van der Waals surface area contributed by atoms with Gasteiger partial charge >= 0.3 is 6.85 Å². The average molecular weight is 1050 g/mol. The average Bonchev–Trinajstić information content (AvgIpc) is 3.93. The first kappa shape index (κ1) is 51.9. The highest BCUT2D eigenvalue weighted by Gasteiger charge is 2.48. The lowest BCUT2D eigenvalue weighted by Crippen LogP contribution is -2.61. The number of unbranched alkanes of at least 4 members (excludes halogenated alkanes) is 2. The van der Waals surface area contributed by atoms with Crippen LogP contribution in [0.1, 0.15) is 165 Å². The van der Waals surface area contributed by atoms with Crippen molar-refractivity contribution in [3.8, 4) is 11.1 Å². The fourth-order valence-corrected chi connectivity index (χ4v) is 15.6. The first-order valence-corrected chi connectivity index (χ1v) is 30.8. The molecule has 9 aromatic rings. The zero-order chi connectivity index (χ0) is 54.9. The van der Waals surface area contributed by atoms with E-state index in [0.717, 1.165) is 24.9 Å². The second kappa shape index (κ2) is 19.0. The smallest absolute Gasteiger partial charge is 0.333 e. The molecule has 0 N–H and O–H groups in total. The molecule has 1 aromatic heterocycles. The van der Waals surface area contributed by atoms with Gasteiger partial charge in [-0.15, -0.1) is 11.3 Å². The molecule has 0 saturated heterocycles. The van der Waals surface area contributed by atoms with Crippen molar-refractivity contribution in [1.29, 1.82) is 0 Å². The van der Waals surface area contributed by atoms with Crippen LogP contribution >= 0.6 is 11.3 Å². The van der Waals surface area contributed by atoms with Crippen LogP contribution in [0, 0.1) is 13.8 Å². The van der Waals surface area contributed by atoms with Crippen LogP contribution in [0.3, 0.4) is 0 Å². The molecule has 0 bridgehead atoms. The monoisotopic (exact) mass is 1050 g/mol. The molecule has 0 saturated carbocycles. The van der Waals surface area contributed by atoms with Gasteiger partial charge < -0.3 is 14.6 Å². The van der Waals surface area contributed by atoms with E-state index in [9.17, 15) is 0 Å². The molecular formula is C74H80BN3S. The van der Waals surface area contributed by atoms with Crippen LogP contribution in [0.5, 0.6) is 0 Å². The quantitative estimate of drug-likeness (QED) is 0.120. The Morgan fingerprint density at radius 3 is 1.70 bits per heavy atom. The zero-order valence-electron chi connectivity index (χ0n) is 49.3. The van der Waals surface area contributed by atoms with Crippen molar-refractivity contribution in [2.24, 2.45) is 0 Å². The minimum Gasteiger partial charge on any atom is -0.376 e. The first-order valence-electron chi connectivity index (χ1n) is 30.0. The molecule has 0 unspecified atom stereocenters. The fourth-order valence-electron chi connectivity index (χ4n) is 14.5. The normalized spacial score (nSPS) is 17.0. The third kappa shape index (κ3) is 8.58. The Hall–Kier alpha value is -6.56. The van der Waals surface area contributed by atoms with Crippen LogP contribution in [-0.2, 0) is 34.5 Å². The van der Waals surface area contributed by atoms with E-state index in [2.05, 4.69) is 243 Å². The number of anilines is 8. The number of rotatable bonds is 11. The van der Waals surface area contributed by atoms with Crippen molar-refractivity contribution in [1.82, 2.24) is 0 Å². The summed E-state index contributed by atoms with van der Waals surface area (Å²) >= 11 is 1.93. The van der Waals surface area contributed by atoms with E-state index in [1.54, 1.807) is 0 Å². The molecule has 3 heterocycles. The third-order valence-corrected chi connectivity index (χ3v) is 20.6. The minimum absolute atomic E-state index is 0.0327. The van der Waals surface area contributed by atoms with E-state index < -0.39 is 0 Å². The summed E-state index contributed by atoms with van der Waals surface area (Å²) in [5.41, 5.74) is 26.8. The van der Waals surface area contributed by atoms with E-state index in [4.69, 9.17) is 0 Å². The van der Waals surface area contributed by atoms with E-state index in [1.807, 2.05) is 11.3 Å². The van der Waals surface area contributed by atoms with Crippen LogP contribution in [0.25, 0.3) is 31.3 Å². The van der Waals surface area contributed by atoms with E-state index >= 15 is 0 Å². The van der Waals surface area contributed by atoms with Gasteiger partial charge in [0.05, 0.1) is 0 Å². The van der Waals surface area contributed by atoms with Crippen LogP contribution in [-0.4, -0.2) is 6.85 Å². The van der Waals surface area contributed by atoms with Gasteiger partial charge in [0, 0.05) is 71.2 Å². The number of benzene rings is 8. The molecule has 0 fully saturated rings. The lowest BCUT2D eigenvalue weighted by Gasteiger charge is -2.48. The predicted molar refractivity (Wildman–Crippen MR) is 345 cm³/mol. The molecule has 13 rings (SSSR count). The summed E-state index contributed by atoms with van der Waals surface area (Å²) in [4.78, 5) is 8.02. The van der Waals surface area contributed by atoms with Gasteiger partial charge in [0.15, 0.2) is 0 Å². The van der Waals surface area contributed by atoms with Gasteiger partial charge in [-0.2, -0.15) is 0 Å². The van der Waals surface area contributed by atoms with Gasteiger partial charge in [-0.25, -0.2) is 0 Å². The molecule has 2 aliphatic heterocycles. The third-order valence-electron chi connectivity index (χ3n) is 19.5. The number of thiophene rings is 1. The maximum Gasteiger partial charge on any atom is 0.333 e. The number of aryl methyl sites for hydroxylation is 4. The molecule has 0 radical (unpaired) electrons. The Morgan fingerprint density at radius 1 is 0.481 bits per heavy atom. The van der Waals surface area contributed by atoms with Gasteiger partial charge in [-0.3, -0.25) is 0 Å². The number of hydrogen-bond donors (Lipinski definition) is 0. The number of hydrogen-bond acceptors (Lipinski definition) is 4. The Bertz CT molecular complexity index is 3820. The maximum atomic E-state index is 2.78. The molecular weight excluding hydrogens is 974 g/mol. The highest BCUT2D eigenvalue weighted by atomic mass is 32.1. The van der Waals surface area contributed by atoms with Gasteiger partial charge in [-0.1, -0.05) is 149 Å². The van der Waals surface area contributed by atoms with Crippen molar-refractivity contribution in [2.75, 3.05) is 14.6 Å². The fraction of sp³-hybridized carbons (Fsp3) is 0.351.